The van der Waals surface area contributed by atoms with Gasteiger partial charge < -0.3 is 10.2 Å². The van der Waals surface area contributed by atoms with Crippen LogP contribution in [0, 0.1) is 0 Å². The van der Waals surface area contributed by atoms with Crippen molar-refractivity contribution in [2.24, 2.45) is 0 Å². The predicted octanol–water partition coefficient (Wildman–Crippen LogP) is 0.831. The number of halogens is 3. The first-order valence-corrected chi connectivity index (χ1v) is 4.71. The van der Waals surface area contributed by atoms with Gasteiger partial charge in [0.05, 0.1) is 0 Å². The molecule has 0 radical (unpaired) electrons. The Balaban J connectivity index is 2.53. The smallest absolute Gasteiger partial charge is 0.377 e. The van der Waals surface area contributed by atoms with Gasteiger partial charge in [-0.05, 0) is 22.4 Å². The van der Waals surface area contributed by atoms with Crippen LogP contribution in [0.2, 0.25) is 0 Å². The third kappa shape index (κ3) is 2.97. The number of rotatable bonds is 3. The fourth-order valence-corrected chi connectivity index (χ4v) is 1.64. The summed E-state index contributed by atoms with van der Waals surface area (Å²) in [5, 5.41) is 23.3. The van der Waals surface area contributed by atoms with Crippen LogP contribution in [0.3, 0.4) is 0 Å². The molecule has 80 valence electrons. The molecule has 2 atom stereocenters. The van der Waals surface area contributed by atoms with E-state index >= 15 is 0 Å². The van der Waals surface area contributed by atoms with E-state index in [-0.39, 0.29) is 4.88 Å². The molecule has 0 aliphatic heterocycles. The summed E-state index contributed by atoms with van der Waals surface area (Å²) in [5.74, 6) is 0. The minimum Gasteiger partial charge on any atom is -0.848 e. The van der Waals surface area contributed by atoms with Gasteiger partial charge in [-0.25, -0.2) is 0 Å². The second-order valence-corrected chi connectivity index (χ2v) is 3.75. The fourth-order valence-electron chi connectivity index (χ4n) is 0.919. The summed E-state index contributed by atoms with van der Waals surface area (Å²) in [7, 11) is 0. The molecule has 0 fully saturated rings. The van der Waals surface area contributed by atoms with Gasteiger partial charge in [0.2, 0.25) is 0 Å². The molecule has 0 saturated carbocycles. The van der Waals surface area contributed by atoms with E-state index in [2.05, 4.69) is 0 Å². The predicted molar refractivity (Wildman–Crippen MR) is 41.5 cm³/mol. The number of hydrogen-bond acceptors (Lipinski definition) is 3. The van der Waals surface area contributed by atoms with Crippen molar-refractivity contribution in [2.75, 3.05) is 0 Å². The Morgan fingerprint density at radius 1 is 1.36 bits per heavy atom. The summed E-state index contributed by atoms with van der Waals surface area (Å²) in [4.78, 5) is 0.273. The molecule has 1 rings (SSSR count). The monoisotopic (exact) mass is 224 g/mol. The van der Waals surface area contributed by atoms with E-state index in [1.54, 1.807) is 11.4 Å². The zero-order chi connectivity index (χ0) is 10.8. The number of alkyl halides is 3. The Labute approximate surface area is 82.6 Å². The highest BCUT2D eigenvalue weighted by Gasteiger charge is 2.30. The summed E-state index contributed by atoms with van der Waals surface area (Å²) < 4.78 is 35.4. The van der Waals surface area contributed by atoms with E-state index in [0.29, 0.717) is 0 Å². The van der Waals surface area contributed by atoms with Crippen LogP contribution in [0.15, 0.2) is 17.5 Å². The Kier molecular flexibility index (Phi) is 3.52. The molecule has 0 saturated heterocycles. The summed E-state index contributed by atoms with van der Waals surface area (Å²) in [6.07, 6.45) is -10.1. The largest absolute Gasteiger partial charge is 0.848 e. The van der Waals surface area contributed by atoms with Crippen LogP contribution in [-0.4, -0.2) is 12.3 Å². The van der Waals surface area contributed by atoms with Crippen molar-refractivity contribution in [3.63, 3.8) is 0 Å². The van der Waals surface area contributed by atoms with Gasteiger partial charge in [0.15, 0.2) is 0 Å². The minimum atomic E-state index is -4.82. The third-order valence-electron chi connectivity index (χ3n) is 1.65. The van der Waals surface area contributed by atoms with Gasteiger partial charge in [-0.2, -0.15) is 24.5 Å². The molecule has 1 aromatic rings. The SMILES string of the molecule is [O-]C(CC([O-])C(F)(F)F)c1cccs1. The van der Waals surface area contributed by atoms with Gasteiger partial charge in [0.25, 0.3) is 0 Å². The average molecular weight is 224 g/mol. The number of hydrogen-bond donors (Lipinski definition) is 0. The maximum Gasteiger partial charge on any atom is 0.377 e. The molecule has 0 N–H and O–H groups in total. The van der Waals surface area contributed by atoms with Crippen LogP contribution in [0.4, 0.5) is 13.2 Å². The highest BCUT2D eigenvalue weighted by molar-refractivity contribution is 7.10. The zero-order valence-electron chi connectivity index (χ0n) is 6.95. The minimum absolute atomic E-state index is 0.273. The van der Waals surface area contributed by atoms with Crippen molar-refractivity contribution in [3.8, 4) is 0 Å². The van der Waals surface area contributed by atoms with E-state index in [1.807, 2.05) is 0 Å². The van der Waals surface area contributed by atoms with Gasteiger partial charge in [-0.1, -0.05) is 18.6 Å². The quantitative estimate of drug-likeness (QED) is 0.763. The molecule has 1 heterocycles. The molecule has 0 aliphatic rings. The van der Waals surface area contributed by atoms with Crippen LogP contribution in [0.1, 0.15) is 17.4 Å². The molecule has 0 aliphatic carbocycles. The lowest BCUT2D eigenvalue weighted by Crippen LogP contribution is -2.43. The van der Waals surface area contributed by atoms with Crippen molar-refractivity contribution in [2.45, 2.75) is 24.8 Å². The van der Waals surface area contributed by atoms with Crippen molar-refractivity contribution in [1.82, 2.24) is 0 Å². The Morgan fingerprint density at radius 3 is 2.43 bits per heavy atom. The van der Waals surface area contributed by atoms with Crippen molar-refractivity contribution >= 4 is 11.3 Å². The average Bonchev–Trinajstić information content (AvgIpc) is 2.53. The van der Waals surface area contributed by atoms with Crippen LogP contribution >= 0.6 is 11.3 Å². The van der Waals surface area contributed by atoms with Crippen LogP contribution < -0.4 is 10.2 Å². The molecule has 6 heteroatoms. The van der Waals surface area contributed by atoms with Crippen molar-refractivity contribution < 1.29 is 23.4 Å². The molecule has 0 spiro atoms. The summed E-state index contributed by atoms with van der Waals surface area (Å²) in [5.41, 5.74) is 0. The van der Waals surface area contributed by atoms with E-state index in [1.165, 1.54) is 6.07 Å². The van der Waals surface area contributed by atoms with Gasteiger partial charge in [0.1, 0.15) is 0 Å². The van der Waals surface area contributed by atoms with Crippen LogP contribution in [0.25, 0.3) is 0 Å². The van der Waals surface area contributed by atoms with Crippen LogP contribution in [0.5, 0.6) is 0 Å². The standard InChI is InChI=1S/C8H7F3O2S/c9-8(10,11)7(13)4-5(12)6-2-1-3-14-6/h1-3,5,7H,4H2/q-2. The molecular formula is C8H7F3O2S-2. The van der Waals surface area contributed by atoms with E-state index < -0.39 is 24.8 Å². The Bertz CT molecular complexity index is 271. The van der Waals surface area contributed by atoms with Crippen molar-refractivity contribution in [1.29, 1.82) is 0 Å². The zero-order valence-corrected chi connectivity index (χ0v) is 7.77. The fraction of sp³-hybridized carbons (Fsp3) is 0.500. The van der Waals surface area contributed by atoms with Gasteiger partial charge in [-0.15, -0.1) is 0 Å². The summed E-state index contributed by atoms with van der Waals surface area (Å²) >= 11 is 1.06. The highest BCUT2D eigenvalue weighted by Crippen LogP contribution is 2.26. The summed E-state index contributed by atoms with van der Waals surface area (Å²) in [6.45, 7) is 0. The first kappa shape index (κ1) is 11.5. The first-order chi connectivity index (χ1) is 6.41. The molecule has 0 amide bonds. The third-order valence-corrected chi connectivity index (χ3v) is 2.62. The van der Waals surface area contributed by atoms with E-state index in [4.69, 9.17) is 0 Å². The molecule has 0 bridgehead atoms. The molecule has 1 aromatic heterocycles. The van der Waals surface area contributed by atoms with Gasteiger partial charge in [-0.3, -0.25) is 0 Å². The van der Waals surface area contributed by atoms with E-state index in [0.717, 1.165) is 11.3 Å². The van der Waals surface area contributed by atoms with Crippen LogP contribution in [-0.2, 0) is 0 Å². The molecule has 14 heavy (non-hydrogen) atoms. The lowest BCUT2D eigenvalue weighted by atomic mass is 10.1. The topological polar surface area (TPSA) is 46.1 Å². The van der Waals surface area contributed by atoms with Gasteiger partial charge >= 0.3 is 6.18 Å². The maximum absolute atomic E-state index is 11.8. The summed E-state index contributed by atoms with van der Waals surface area (Å²) in [6, 6.07) is 3.00. The maximum atomic E-state index is 11.8. The molecular weight excluding hydrogens is 217 g/mol. The Hall–Kier alpha value is -0.590. The van der Waals surface area contributed by atoms with Crippen molar-refractivity contribution in [3.05, 3.63) is 22.4 Å². The first-order valence-electron chi connectivity index (χ1n) is 3.83. The second kappa shape index (κ2) is 4.29. The lowest BCUT2D eigenvalue weighted by molar-refractivity contribution is -0.507. The lowest BCUT2D eigenvalue weighted by Gasteiger charge is -2.32. The molecule has 0 aromatic carbocycles. The normalized spacial score (nSPS) is 16.6. The highest BCUT2D eigenvalue weighted by atomic mass is 32.1. The number of thiophene rings is 1. The second-order valence-electron chi connectivity index (χ2n) is 2.77. The molecule has 2 unspecified atom stereocenters. The van der Waals surface area contributed by atoms with Gasteiger partial charge in [0, 0.05) is 0 Å². The Morgan fingerprint density at radius 2 is 2.00 bits per heavy atom. The van der Waals surface area contributed by atoms with E-state index in [9.17, 15) is 23.4 Å². The molecule has 2 nitrogen and oxygen atoms in total.